The molecule has 0 aliphatic carbocycles. The molecule has 0 aliphatic heterocycles. The van der Waals surface area contributed by atoms with Crippen LogP contribution in [-0.2, 0) is 0 Å². The highest BCUT2D eigenvalue weighted by Crippen LogP contribution is 2.31. The summed E-state index contributed by atoms with van der Waals surface area (Å²) in [6.45, 7) is 5.30. The summed E-state index contributed by atoms with van der Waals surface area (Å²) in [7, 11) is 0. The zero-order valence-electron chi connectivity index (χ0n) is 8.78. The second-order valence-electron chi connectivity index (χ2n) is 3.47. The van der Waals surface area contributed by atoms with E-state index in [9.17, 15) is 10.1 Å². The Kier molecular flexibility index (Phi) is 3.52. The first kappa shape index (κ1) is 11.8. The molecule has 0 fully saturated rings. The second kappa shape index (κ2) is 4.49. The molecule has 0 saturated heterocycles. The molecule has 4 nitrogen and oxygen atoms in total. The number of rotatable bonds is 3. The summed E-state index contributed by atoms with van der Waals surface area (Å²) in [5.74, 6) is 0.423. The van der Waals surface area contributed by atoms with Crippen molar-refractivity contribution in [3.8, 4) is 5.75 Å². The fraction of sp³-hybridized carbons (Fsp3) is 0.400. The van der Waals surface area contributed by atoms with Gasteiger partial charge in [0.1, 0.15) is 5.75 Å². The molecule has 0 saturated carbocycles. The molecular formula is C10H12ClNO3. The van der Waals surface area contributed by atoms with Gasteiger partial charge in [-0.15, -0.1) is 0 Å². The van der Waals surface area contributed by atoms with Gasteiger partial charge in [0.25, 0.3) is 5.69 Å². The average Bonchev–Trinajstić information content (AvgIpc) is 2.09. The first-order valence-electron chi connectivity index (χ1n) is 4.53. The molecule has 0 bridgehead atoms. The number of hydrogen-bond donors (Lipinski definition) is 0. The van der Waals surface area contributed by atoms with Crippen molar-refractivity contribution in [2.45, 2.75) is 26.9 Å². The topological polar surface area (TPSA) is 52.4 Å². The van der Waals surface area contributed by atoms with Crippen LogP contribution in [0.15, 0.2) is 12.1 Å². The van der Waals surface area contributed by atoms with Gasteiger partial charge in [-0.25, -0.2) is 0 Å². The molecule has 0 N–H and O–H groups in total. The monoisotopic (exact) mass is 229 g/mol. The molecule has 0 spiro atoms. The summed E-state index contributed by atoms with van der Waals surface area (Å²) < 4.78 is 5.35. The zero-order valence-corrected chi connectivity index (χ0v) is 9.54. The molecule has 0 radical (unpaired) electrons. The highest BCUT2D eigenvalue weighted by atomic mass is 35.5. The van der Waals surface area contributed by atoms with Gasteiger partial charge in [-0.2, -0.15) is 0 Å². The molecule has 0 heterocycles. The van der Waals surface area contributed by atoms with Gasteiger partial charge in [-0.1, -0.05) is 11.6 Å². The molecule has 0 amide bonds. The minimum atomic E-state index is -0.464. The van der Waals surface area contributed by atoms with Crippen molar-refractivity contribution in [1.82, 2.24) is 0 Å². The maximum absolute atomic E-state index is 10.7. The fourth-order valence-corrected chi connectivity index (χ4v) is 1.37. The summed E-state index contributed by atoms with van der Waals surface area (Å²) in [6.07, 6.45) is -0.0385. The molecule has 15 heavy (non-hydrogen) atoms. The van der Waals surface area contributed by atoms with Gasteiger partial charge in [-0.05, 0) is 26.8 Å². The molecule has 0 aromatic heterocycles. The number of nitro benzene ring substituents is 1. The Morgan fingerprint density at radius 3 is 2.53 bits per heavy atom. The minimum Gasteiger partial charge on any atom is -0.491 e. The van der Waals surface area contributed by atoms with Crippen LogP contribution in [0.1, 0.15) is 19.4 Å². The van der Waals surface area contributed by atoms with E-state index in [4.69, 9.17) is 16.3 Å². The van der Waals surface area contributed by atoms with Crippen LogP contribution in [0.3, 0.4) is 0 Å². The Hall–Kier alpha value is -1.29. The number of benzene rings is 1. The largest absolute Gasteiger partial charge is 0.491 e. The normalized spacial score (nSPS) is 10.5. The van der Waals surface area contributed by atoms with Crippen molar-refractivity contribution in [2.24, 2.45) is 0 Å². The molecule has 0 aliphatic rings. The van der Waals surface area contributed by atoms with Gasteiger partial charge in [0.15, 0.2) is 0 Å². The molecule has 1 aromatic rings. The van der Waals surface area contributed by atoms with Gasteiger partial charge in [0.05, 0.1) is 22.1 Å². The van der Waals surface area contributed by atoms with Crippen LogP contribution in [0.2, 0.25) is 5.02 Å². The maximum Gasteiger partial charge on any atom is 0.277 e. The highest BCUT2D eigenvalue weighted by molar-refractivity contribution is 6.31. The van der Waals surface area contributed by atoms with Gasteiger partial charge in [0.2, 0.25) is 0 Å². The third-order valence-corrected chi connectivity index (χ3v) is 2.25. The van der Waals surface area contributed by atoms with Crippen molar-refractivity contribution < 1.29 is 9.66 Å². The average molecular weight is 230 g/mol. The Morgan fingerprint density at radius 1 is 1.47 bits per heavy atom. The predicted molar refractivity (Wildman–Crippen MR) is 58.6 cm³/mol. The maximum atomic E-state index is 10.7. The molecule has 82 valence electrons. The van der Waals surface area contributed by atoms with E-state index in [2.05, 4.69) is 0 Å². The van der Waals surface area contributed by atoms with Crippen LogP contribution >= 0.6 is 11.6 Å². The van der Waals surface area contributed by atoms with E-state index in [0.29, 0.717) is 16.3 Å². The lowest BCUT2D eigenvalue weighted by atomic mass is 10.2. The Balaban J connectivity index is 3.17. The van der Waals surface area contributed by atoms with E-state index in [1.54, 1.807) is 13.0 Å². The third-order valence-electron chi connectivity index (χ3n) is 1.86. The molecule has 0 unspecified atom stereocenters. The Bertz CT molecular complexity index is 390. The van der Waals surface area contributed by atoms with Gasteiger partial charge in [0, 0.05) is 5.56 Å². The van der Waals surface area contributed by atoms with E-state index < -0.39 is 4.92 Å². The van der Waals surface area contributed by atoms with Gasteiger partial charge < -0.3 is 4.74 Å². The quantitative estimate of drug-likeness (QED) is 0.590. The number of hydrogen-bond acceptors (Lipinski definition) is 3. The van der Waals surface area contributed by atoms with E-state index >= 15 is 0 Å². The summed E-state index contributed by atoms with van der Waals surface area (Å²) in [5, 5.41) is 11.1. The number of nitrogens with zero attached hydrogens (tertiary/aromatic N) is 1. The van der Waals surface area contributed by atoms with Gasteiger partial charge in [-0.3, -0.25) is 10.1 Å². The van der Waals surface area contributed by atoms with Crippen LogP contribution in [-0.4, -0.2) is 11.0 Å². The predicted octanol–water partition coefficient (Wildman–Crippen LogP) is 3.34. The summed E-state index contributed by atoms with van der Waals surface area (Å²) in [5.41, 5.74) is 0.441. The highest BCUT2D eigenvalue weighted by Gasteiger charge is 2.16. The summed E-state index contributed by atoms with van der Waals surface area (Å²) in [4.78, 5) is 10.2. The van der Waals surface area contributed by atoms with Crippen LogP contribution in [0.25, 0.3) is 0 Å². The second-order valence-corrected chi connectivity index (χ2v) is 3.88. The lowest BCUT2D eigenvalue weighted by Crippen LogP contribution is -2.06. The lowest BCUT2D eigenvalue weighted by Gasteiger charge is -2.10. The van der Waals surface area contributed by atoms with Crippen molar-refractivity contribution >= 4 is 17.3 Å². The lowest BCUT2D eigenvalue weighted by molar-refractivity contribution is -0.385. The molecular weight excluding hydrogens is 218 g/mol. The van der Waals surface area contributed by atoms with Crippen molar-refractivity contribution in [3.05, 3.63) is 32.8 Å². The summed E-state index contributed by atoms with van der Waals surface area (Å²) in [6, 6.07) is 2.98. The molecule has 1 rings (SSSR count). The molecule has 0 atom stereocenters. The molecule has 5 heteroatoms. The van der Waals surface area contributed by atoms with E-state index in [0.717, 1.165) is 0 Å². The number of ether oxygens (including phenoxy) is 1. The van der Waals surface area contributed by atoms with Gasteiger partial charge >= 0.3 is 0 Å². The standard InChI is InChI=1S/C10H12ClNO3/c1-6(2)15-8-4-9(11)7(3)10(5-8)12(13)14/h4-6H,1-3H3. The van der Waals surface area contributed by atoms with E-state index in [1.807, 2.05) is 13.8 Å². The number of halogens is 1. The third kappa shape index (κ3) is 2.83. The van der Waals surface area contributed by atoms with E-state index in [1.165, 1.54) is 6.07 Å². The Morgan fingerprint density at radius 2 is 2.07 bits per heavy atom. The van der Waals surface area contributed by atoms with Crippen molar-refractivity contribution in [2.75, 3.05) is 0 Å². The fourth-order valence-electron chi connectivity index (χ4n) is 1.17. The van der Waals surface area contributed by atoms with Crippen LogP contribution in [0.4, 0.5) is 5.69 Å². The molecule has 1 aromatic carbocycles. The number of nitro groups is 1. The van der Waals surface area contributed by atoms with E-state index in [-0.39, 0.29) is 11.8 Å². The first-order valence-corrected chi connectivity index (χ1v) is 4.90. The van der Waals surface area contributed by atoms with Crippen LogP contribution in [0.5, 0.6) is 5.75 Å². The Labute approximate surface area is 93.0 Å². The van der Waals surface area contributed by atoms with Crippen molar-refractivity contribution in [1.29, 1.82) is 0 Å². The SMILES string of the molecule is Cc1c(Cl)cc(OC(C)C)cc1[N+](=O)[O-]. The van der Waals surface area contributed by atoms with Crippen LogP contribution < -0.4 is 4.74 Å². The van der Waals surface area contributed by atoms with Crippen molar-refractivity contribution in [3.63, 3.8) is 0 Å². The zero-order chi connectivity index (χ0) is 11.6. The minimum absolute atomic E-state index is 0.0156. The van der Waals surface area contributed by atoms with Crippen LogP contribution in [0, 0.1) is 17.0 Å². The first-order chi connectivity index (χ1) is 6.91. The summed E-state index contributed by atoms with van der Waals surface area (Å²) >= 11 is 5.86. The smallest absolute Gasteiger partial charge is 0.277 e.